The predicted molar refractivity (Wildman–Crippen MR) is 84.1 cm³/mol. The van der Waals surface area contributed by atoms with Crippen molar-refractivity contribution in [2.75, 3.05) is 7.11 Å². The SMILES string of the molecule is COc1ccc(C(C)NC(C)Cc2cccc(F)c2)cc1. The van der Waals surface area contributed by atoms with Gasteiger partial charge in [0, 0.05) is 12.1 Å². The lowest BCUT2D eigenvalue weighted by atomic mass is 10.0. The van der Waals surface area contributed by atoms with E-state index in [1.807, 2.05) is 18.2 Å². The van der Waals surface area contributed by atoms with Crippen molar-refractivity contribution in [1.82, 2.24) is 5.32 Å². The van der Waals surface area contributed by atoms with Gasteiger partial charge in [0.25, 0.3) is 0 Å². The molecule has 1 N–H and O–H groups in total. The van der Waals surface area contributed by atoms with Gasteiger partial charge in [-0.3, -0.25) is 0 Å². The molecule has 0 aliphatic rings. The maximum Gasteiger partial charge on any atom is 0.123 e. The predicted octanol–water partition coefficient (Wildman–Crippen LogP) is 4.12. The fourth-order valence-corrected chi connectivity index (χ4v) is 2.49. The first-order valence-corrected chi connectivity index (χ1v) is 7.23. The van der Waals surface area contributed by atoms with Crippen molar-refractivity contribution < 1.29 is 9.13 Å². The van der Waals surface area contributed by atoms with Gasteiger partial charge in [0.15, 0.2) is 0 Å². The van der Waals surface area contributed by atoms with E-state index in [2.05, 4.69) is 31.3 Å². The zero-order valence-corrected chi connectivity index (χ0v) is 12.8. The number of hydrogen-bond donors (Lipinski definition) is 1. The zero-order valence-electron chi connectivity index (χ0n) is 12.8. The minimum atomic E-state index is -0.178. The van der Waals surface area contributed by atoms with E-state index in [1.165, 1.54) is 11.6 Å². The van der Waals surface area contributed by atoms with Gasteiger partial charge in [-0.2, -0.15) is 0 Å². The summed E-state index contributed by atoms with van der Waals surface area (Å²) in [5, 5.41) is 3.54. The summed E-state index contributed by atoms with van der Waals surface area (Å²) in [5.41, 5.74) is 2.22. The first kappa shape index (κ1) is 15.5. The van der Waals surface area contributed by atoms with Gasteiger partial charge in [-0.1, -0.05) is 24.3 Å². The van der Waals surface area contributed by atoms with Gasteiger partial charge in [-0.25, -0.2) is 4.39 Å². The van der Waals surface area contributed by atoms with Crippen molar-refractivity contribution in [2.24, 2.45) is 0 Å². The second-order valence-electron chi connectivity index (χ2n) is 5.40. The average molecular weight is 287 g/mol. The summed E-state index contributed by atoms with van der Waals surface area (Å²) in [6, 6.07) is 15.3. The number of halogens is 1. The molecule has 0 saturated carbocycles. The van der Waals surface area contributed by atoms with Crippen LogP contribution in [-0.2, 0) is 6.42 Å². The third-order valence-electron chi connectivity index (χ3n) is 3.58. The number of hydrogen-bond acceptors (Lipinski definition) is 2. The van der Waals surface area contributed by atoms with Crippen LogP contribution in [0, 0.1) is 5.82 Å². The van der Waals surface area contributed by atoms with Crippen LogP contribution < -0.4 is 10.1 Å². The molecule has 0 spiro atoms. The van der Waals surface area contributed by atoms with E-state index >= 15 is 0 Å². The summed E-state index contributed by atoms with van der Waals surface area (Å²) in [6.07, 6.45) is 0.804. The van der Waals surface area contributed by atoms with Gasteiger partial charge >= 0.3 is 0 Å². The molecule has 2 aromatic rings. The summed E-state index contributed by atoms with van der Waals surface area (Å²) >= 11 is 0. The average Bonchev–Trinajstić information content (AvgIpc) is 2.47. The lowest BCUT2D eigenvalue weighted by Crippen LogP contribution is -2.30. The molecule has 0 aliphatic heterocycles. The Morgan fingerprint density at radius 1 is 1.10 bits per heavy atom. The Bertz CT molecular complexity index is 568. The molecule has 2 unspecified atom stereocenters. The van der Waals surface area contributed by atoms with Crippen LogP contribution in [0.4, 0.5) is 4.39 Å². The van der Waals surface area contributed by atoms with Crippen LogP contribution in [0.5, 0.6) is 5.75 Å². The summed E-state index contributed by atoms with van der Waals surface area (Å²) in [4.78, 5) is 0. The summed E-state index contributed by atoms with van der Waals surface area (Å²) in [5.74, 6) is 0.682. The lowest BCUT2D eigenvalue weighted by Gasteiger charge is -2.20. The highest BCUT2D eigenvalue weighted by Crippen LogP contribution is 2.18. The Morgan fingerprint density at radius 3 is 2.43 bits per heavy atom. The van der Waals surface area contributed by atoms with E-state index in [4.69, 9.17) is 4.74 Å². The molecular formula is C18H22FNO. The van der Waals surface area contributed by atoms with Crippen LogP contribution >= 0.6 is 0 Å². The normalized spacial score (nSPS) is 13.7. The van der Waals surface area contributed by atoms with E-state index in [0.717, 1.165) is 17.7 Å². The molecule has 0 saturated heterocycles. The van der Waals surface area contributed by atoms with Crippen molar-refractivity contribution in [3.05, 3.63) is 65.5 Å². The topological polar surface area (TPSA) is 21.3 Å². The highest BCUT2D eigenvalue weighted by molar-refractivity contribution is 5.29. The minimum absolute atomic E-state index is 0.178. The Balaban J connectivity index is 1.93. The Hall–Kier alpha value is -1.87. The van der Waals surface area contributed by atoms with E-state index < -0.39 is 0 Å². The molecule has 0 amide bonds. The molecule has 21 heavy (non-hydrogen) atoms. The first-order chi connectivity index (χ1) is 10.1. The first-order valence-electron chi connectivity index (χ1n) is 7.23. The Labute approximate surface area is 126 Å². The van der Waals surface area contributed by atoms with Crippen LogP contribution in [0.25, 0.3) is 0 Å². The van der Waals surface area contributed by atoms with Gasteiger partial charge < -0.3 is 10.1 Å². The van der Waals surface area contributed by atoms with Crippen molar-refractivity contribution in [1.29, 1.82) is 0 Å². The van der Waals surface area contributed by atoms with E-state index in [9.17, 15) is 4.39 Å². The number of rotatable bonds is 6. The fourth-order valence-electron chi connectivity index (χ4n) is 2.49. The summed E-state index contributed by atoms with van der Waals surface area (Å²) in [6.45, 7) is 4.24. The van der Waals surface area contributed by atoms with Crippen molar-refractivity contribution in [3.63, 3.8) is 0 Å². The second kappa shape index (κ2) is 7.23. The van der Waals surface area contributed by atoms with E-state index in [1.54, 1.807) is 19.2 Å². The Kier molecular flexibility index (Phi) is 5.34. The van der Waals surface area contributed by atoms with Crippen molar-refractivity contribution in [2.45, 2.75) is 32.4 Å². The molecule has 2 atom stereocenters. The maximum absolute atomic E-state index is 13.2. The highest BCUT2D eigenvalue weighted by Gasteiger charge is 2.10. The molecule has 2 aromatic carbocycles. The van der Waals surface area contributed by atoms with E-state index in [0.29, 0.717) is 0 Å². The van der Waals surface area contributed by atoms with Gasteiger partial charge in [-0.05, 0) is 55.7 Å². The van der Waals surface area contributed by atoms with Crippen LogP contribution in [0.1, 0.15) is 31.0 Å². The Morgan fingerprint density at radius 2 is 1.81 bits per heavy atom. The molecule has 2 nitrogen and oxygen atoms in total. The highest BCUT2D eigenvalue weighted by atomic mass is 19.1. The van der Waals surface area contributed by atoms with Gasteiger partial charge in [0.05, 0.1) is 7.11 Å². The van der Waals surface area contributed by atoms with Crippen LogP contribution in [0.3, 0.4) is 0 Å². The number of ether oxygens (including phenoxy) is 1. The molecule has 0 aliphatic carbocycles. The zero-order chi connectivity index (χ0) is 15.2. The monoisotopic (exact) mass is 287 g/mol. The molecule has 112 valence electrons. The number of nitrogens with one attached hydrogen (secondary N) is 1. The standard InChI is InChI=1S/C18H22FNO/c1-13(11-15-5-4-6-17(19)12-15)20-14(2)16-7-9-18(21-3)10-8-16/h4-10,12-14,20H,11H2,1-3H3. The van der Waals surface area contributed by atoms with Crippen molar-refractivity contribution >= 4 is 0 Å². The largest absolute Gasteiger partial charge is 0.497 e. The third kappa shape index (κ3) is 4.57. The van der Waals surface area contributed by atoms with Gasteiger partial charge in [-0.15, -0.1) is 0 Å². The lowest BCUT2D eigenvalue weighted by molar-refractivity contribution is 0.414. The molecule has 0 heterocycles. The molecular weight excluding hydrogens is 265 g/mol. The summed E-state index contributed by atoms with van der Waals surface area (Å²) < 4.78 is 18.3. The molecule has 0 bridgehead atoms. The fraction of sp³-hybridized carbons (Fsp3) is 0.333. The molecule has 2 rings (SSSR count). The number of benzene rings is 2. The van der Waals surface area contributed by atoms with Gasteiger partial charge in [0.2, 0.25) is 0 Å². The van der Waals surface area contributed by atoms with E-state index in [-0.39, 0.29) is 17.9 Å². The van der Waals surface area contributed by atoms with Gasteiger partial charge in [0.1, 0.15) is 11.6 Å². The third-order valence-corrected chi connectivity index (χ3v) is 3.58. The van der Waals surface area contributed by atoms with Crippen LogP contribution in [0.15, 0.2) is 48.5 Å². The smallest absolute Gasteiger partial charge is 0.123 e. The van der Waals surface area contributed by atoms with Crippen LogP contribution in [0.2, 0.25) is 0 Å². The number of methoxy groups -OCH3 is 1. The maximum atomic E-state index is 13.2. The van der Waals surface area contributed by atoms with Crippen molar-refractivity contribution in [3.8, 4) is 5.75 Å². The summed E-state index contributed by atoms with van der Waals surface area (Å²) in [7, 11) is 1.66. The molecule has 3 heteroatoms. The minimum Gasteiger partial charge on any atom is -0.497 e. The second-order valence-corrected chi connectivity index (χ2v) is 5.40. The molecule has 0 radical (unpaired) electrons. The quantitative estimate of drug-likeness (QED) is 0.863. The molecule has 0 fully saturated rings. The van der Waals surface area contributed by atoms with Crippen LogP contribution in [-0.4, -0.2) is 13.2 Å². The molecule has 0 aromatic heterocycles.